The lowest BCUT2D eigenvalue weighted by atomic mass is 9.85. The second-order valence-electron chi connectivity index (χ2n) is 10.6. The largest absolute Gasteiger partial charge is 0.487 e. The fourth-order valence-corrected chi connectivity index (χ4v) is 6.40. The van der Waals surface area contributed by atoms with Crippen LogP contribution in [0.5, 0.6) is 5.75 Å². The van der Waals surface area contributed by atoms with Crippen molar-refractivity contribution in [3.63, 3.8) is 0 Å². The number of halogens is 1. The van der Waals surface area contributed by atoms with Crippen LogP contribution in [0.15, 0.2) is 47.4 Å². The summed E-state index contributed by atoms with van der Waals surface area (Å²) in [5.41, 5.74) is 4.41. The van der Waals surface area contributed by atoms with Gasteiger partial charge in [-0.1, -0.05) is 24.1 Å². The predicted octanol–water partition coefficient (Wildman–Crippen LogP) is 4.95. The van der Waals surface area contributed by atoms with Crippen LogP contribution >= 0.6 is 11.6 Å². The molecule has 0 bridgehead atoms. The van der Waals surface area contributed by atoms with Crippen molar-refractivity contribution >= 4 is 33.2 Å². The van der Waals surface area contributed by atoms with E-state index in [0.717, 1.165) is 49.3 Å². The number of benzene rings is 2. The molecular weight excluding hydrogens is 536 g/mol. The van der Waals surface area contributed by atoms with Crippen molar-refractivity contribution in [3.05, 3.63) is 70.0 Å². The average molecular weight is 571 g/mol. The van der Waals surface area contributed by atoms with Gasteiger partial charge in [0.05, 0.1) is 22.7 Å². The Labute approximate surface area is 235 Å². The number of aryl methyl sites for hydroxylation is 3. The number of rotatable bonds is 6. The third-order valence-electron chi connectivity index (χ3n) is 7.71. The number of amides is 1. The van der Waals surface area contributed by atoms with Gasteiger partial charge in [0.1, 0.15) is 12.4 Å². The third-order valence-corrected chi connectivity index (χ3v) is 9.32. The van der Waals surface area contributed by atoms with Gasteiger partial charge in [0.15, 0.2) is 0 Å². The SMILES string of the molecule is Cc1cc(CC(=O)NS(=O)(=O)c2ccc3c(c2)N(CC2CCC2)CCCCc2cc(Cl)ccc2CO3)nn1C. The van der Waals surface area contributed by atoms with E-state index in [0.29, 0.717) is 29.0 Å². The van der Waals surface area contributed by atoms with Gasteiger partial charge in [-0.3, -0.25) is 9.48 Å². The van der Waals surface area contributed by atoms with Crippen LogP contribution in [0.1, 0.15) is 54.6 Å². The fraction of sp³-hybridized carbons (Fsp3) is 0.448. The molecule has 0 atom stereocenters. The molecule has 0 unspecified atom stereocenters. The highest BCUT2D eigenvalue weighted by atomic mass is 35.5. The second-order valence-corrected chi connectivity index (χ2v) is 12.8. The van der Waals surface area contributed by atoms with Crippen LogP contribution in [0.4, 0.5) is 5.69 Å². The van der Waals surface area contributed by atoms with E-state index in [9.17, 15) is 13.2 Å². The molecule has 10 heteroatoms. The summed E-state index contributed by atoms with van der Waals surface area (Å²) in [6.07, 6.45) is 6.32. The molecule has 39 heavy (non-hydrogen) atoms. The molecular formula is C29H35ClN4O4S. The monoisotopic (exact) mass is 570 g/mol. The van der Waals surface area contributed by atoms with Crippen LogP contribution in [0.25, 0.3) is 0 Å². The van der Waals surface area contributed by atoms with E-state index < -0.39 is 15.9 Å². The molecule has 1 saturated carbocycles. The van der Waals surface area contributed by atoms with E-state index in [1.165, 1.54) is 30.9 Å². The molecule has 3 aromatic rings. The molecule has 8 nitrogen and oxygen atoms in total. The van der Waals surface area contributed by atoms with Gasteiger partial charge in [-0.05, 0) is 92.5 Å². The van der Waals surface area contributed by atoms with Crippen molar-refractivity contribution in [2.45, 2.75) is 63.4 Å². The van der Waals surface area contributed by atoms with Crippen LogP contribution in [0.3, 0.4) is 0 Å². The summed E-state index contributed by atoms with van der Waals surface area (Å²) in [5, 5.41) is 4.97. The quantitative estimate of drug-likeness (QED) is 0.451. The maximum Gasteiger partial charge on any atom is 0.264 e. The number of sulfonamides is 1. The normalized spacial score (nSPS) is 16.3. The minimum Gasteiger partial charge on any atom is -0.487 e. The Morgan fingerprint density at radius 3 is 2.64 bits per heavy atom. The van der Waals surface area contributed by atoms with Crippen LogP contribution < -0.4 is 14.4 Å². The Balaban J connectivity index is 1.42. The Morgan fingerprint density at radius 1 is 1.10 bits per heavy atom. The van der Waals surface area contributed by atoms with Crippen molar-refractivity contribution in [3.8, 4) is 5.75 Å². The van der Waals surface area contributed by atoms with Crippen molar-refractivity contribution in [1.29, 1.82) is 0 Å². The van der Waals surface area contributed by atoms with E-state index in [1.54, 1.807) is 29.9 Å². The number of anilines is 1. The first kappa shape index (κ1) is 27.5. The van der Waals surface area contributed by atoms with Gasteiger partial charge in [-0.25, -0.2) is 13.1 Å². The Morgan fingerprint density at radius 2 is 1.92 bits per heavy atom. The lowest BCUT2D eigenvalue weighted by Gasteiger charge is -2.34. The minimum absolute atomic E-state index is 0.0380. The highest BCUT2D eigenvalue weighted by Crippen LogP contribution is 2.36. The summed E-state index contributed by atoms with van der Waals surface area (Å²) in [5.74, 6) is 0.592. The maximum absolute atomic E-state index is 13.3. The topological polar surface area (TPSA) is 93.5 Å². The maximum atomic E-state index is 13.3. The summed E-state index contributed by atoms with van der Waals surface area (Å²) < 4.78 is 36.8. The van der Waals surface area contributed by atoms with E-state index in [1.807, 2.05) is 25.1 Å². The van der Waals surface area contributed by atoms with Gasteiger partial charge in [-0.15, -0.1) is 0 Å². The van der Waals surface area contributed by atoms with Crippen LogP contribution in [0, 0.1) is 12.8 Å². The van der Waals surface area contributed by atoms with Crippen molar-refractivity contribution in [2.24, 2.45) is 13.0 Å². The first-order valence-corrected chi connectivity index (χ1v) is 15.4. The zero-order valence-electron chi connectivity index (χ0n) is 22.5. The molecule has 208 valence electrons. The summed E-state index contributed by atoms with van der Waals surface area (Å²) in [6, 6.07) is 12.5. The summed E-state index contributed by atoms with van der Waals surface area (Å²) in [7, 11) is -2.31. The average Bonchev–Trinajstić information content (AvgIpc) is 3.15. The van der Waals surface area contributed by atoms with Crippen LogP contribution in [0.2, 0.25) is 5.02 Å². The van der Waals surface area contributed by atoms with Crippen molar-refractivity contribution in [2.75, 3.05) is 18.0 Å². The molecule has 2 heterocycles. The summed E-state index contributed by atoms with van der Waals surface area (Å²) in [4.78, 5) is 14.9. The van der Waals surface area contributed by atoms with E-state index in [2.05, 4.69) is 14.7 Å². The van der Waals surface area contributed by atoms with Crippen molar-refractivity contribution in [1.82, 2.24) is 14.5 Å². The standard InChI is InChI=1S/C29H35ClN4O4S/c1-20-14-25(31-33(20)2)16-29(35)32-39(36,37)26-11-12-28-27(17-26)34(18-21-6-5-7-21)13-4-3-8-22-15-24(30)10-9-23(22)19-38-28/h9-12,14-15,17,21H,3-8,13,16,18-19H2,1-2H3,(H,32,35). The van der Waals surface area contributed by atoms with E-state index >= 15 is 0 Å². The number of nitrogens with zero attached hydrogens (tertiary/aromatic N) is 3. The van der Waals surface area contributed by atoms with Gasteiger partial charge in [0, 0.05) is 30.9 Å². The molecule has 1 fully saturated rings. The summed E-state index contributed by atoms with van der Waals surface area (Å²) >= 11 is 6.27. The zero-order chi connectivity index (χ0) is 27.6. The van der Waals surface area contributed by atoms with E-state index in [-0.39, 0.29) is 11.3 Å². The fourth-order valence-electron chi connectivity index (χ4n) is 5.20. The van der Waals surface area contributed by atoms with Gasteiger partial charge >= 0.3 is 0 Å². The molecule has 2 aromatic carbocycles. The molecule has 1 aromatic heterocycles. The second kappa shape index (κ2) is 11.6. The highest BCUT2D eigenvalue weighted by Gasteiger charge is 2.26. The number of carbonyl (C=O) groups excluding carboxylic acids is 1. The summed E-state index contributed by atoms with van der Waals surface area (Å²) in [6.45, 7) is 3.88. The molecule has 1 aliphatic heterocycles. The number of hydrogen-bond acceptors (Lipinski definition) is 6. The first-order chi connectivity index (χ1) is 18.7. The molecule has 1 amide bonds. The minimum atomic E-state index is -4.09. The lowest BCUT2D eigenvalue weighted by Crippen LogP contribution is -2.34. The molecule has 1 aliphatic carbocycles. The van der Waals surface area contributed by atoms with Gasteiger partial charge < -0.3 is 9.64 Å². The van der Waals surface area contributed by atoms with Crippen molar-refractivity contribution < 1.29 is 17.9 Å². The Kier molecular flexibility index (Phi) is 8.19. The van der Waals surface area contributed by atoms with Crippen LogP contribution in [-0.4, -0.2) is 37.2 Å². The van der Waals surface area contributed by atoms with Gasteiger partial charge in [-0.2, -0.15) is 5.10 Å². The molecule has 0 spiro atoms. The Bertz CT molecular complexity index is 1450. The van der Waals surface area contributed by atoms with Gasteiger partial charge in [0.2, 0.25) is 5.91 Å². The number of hydrogen-bond donors (Lipinski definition) is 1. The van der Waals surface area contributed by atoms with E-state index in [4.69, 9.17) is 16.3 Å². The zero-order valence-corrected chi connectivity index (χ0v) is 24.0. The molecule has 1 N–H and O–H groups in total. The predicted molar refractivity (Wildman–Crippen MR) is 152 cm³/mol. The number of fused-ring (bicyclic) bond motifs is 2. The van der Waals surface area contributed by atoms with Gasteiger partial charge in [0.25, 0.3) is 10.0 Å². The first-order valence-electron chi connectivity index (χ1n) is 13.5. The van der Waals surface area contributed by atoms with Crippen LogP contribution in [-0.2, 0) is 41.3 Å². The number of carbonyl (C=O) groups is 1. The molecule has 0 saturated heterocycles. The molecule has 5 rings (SSSR count). The number of ether oxygens (including phenoxy) is 1. The number of nitrogens with one attached hydrogen (secondary N) is 1. The molecule has 0 radical (unpaired) electrons. The smallest absolute Gasteiger partial charge is 0.264 e. The number of aromatic nitrogens is 2. The lowest BCUT2D eigenvalue weighted by molar-refractivity contribution is -0.118. The highest BCUT2D eigenvalue weighted by molar-refractivity contribution is 7.90. The Hall–Kier alpha value is -3.04. The molecule has 2 aliphatic rings. The third kappa shape index (κ3) is 6.58.